The number of rotatable bonds is 3. The number of anilines is 1. The van der Waals surface area contributed by atoms with E-state index < -0.39 is 0 Å². The zero-order valence-electron chi connectivity index (χ0n) is 15.6. The molecule has 140 valence electrons. The maximum Gasteiger partial charge on any atom is 0.261 e. The molecule has 3 heterocycles. The molecule has 0 bridgehead atoms. The smallest absolute Gasteiger partial charge is 0.261 e. The van der Waals surface area contributed by atoms with Crippen LogP contribution in [-0.2, 0) is 0 Å². The molecule has 0 saturated heterocycles. The average Bonchev–Trinajstić information content (AvgIpc) is 3.13. The van der Waals surface area contributed by atoms with Crippen LogP contribution in [0.25, 0.3) is 33.3 Å². The summed E-state index contributed by atoms with van der Waals surface area (Å²) in [6, 6.07) is 14.1. The van der Waals surface area contributed by atoms with Crippen molar-refractivity contribution in [3.05, 3.63) is 58.4 Å². The molecule has 0 aliphatic carbocycles. The normalized spacial score (nSPS) is 16.7. The summed E-state index contributed by atoms with van der Waals surface area (Å²) in [6.07, 6.45) is 3.90. The fourth-order valence-electron chi connectivity index (χ4n) is 3.84. The molecular formula is C22H21N5O. The predicted molar refractivity (Wildman–Crippen MR) is 114 cm³/mol. The Morgan fingerprint density at radius 3 is 2.82 bits per heavy atom. The number of aliphatic imine (C=N–C) groups is 1. The molecule has 0 saturated carbocycles. The highest BCUT2D eigenvalue weighted by atomic mass is 16.1. The lowest BCUT2D eigenvalue weighted by Gasteiger charge is -2.22. The van der Waals surface area contributed by atoms with Crippen LogP contribution in [0, 0.1) is 6.92 Å². The van der Waals surface area contributed by atoms with Crippen molar-refractivity contribution in [3.8, 4) is 11.4 Å². The molecule has 5 rings (SSSR count). The molecule has 6 heteroatoms. The largest absolute Gasteiger partial charge is 0.379 e. The number of hydrogen-bond acceptors (Lipinski definition) is 4. The van der Waals surface area contributed by atoms with Gasteiger partial charge in [-0.15, -0.1) is 0 Å². The number of fused-ring (bicyclic) bond motifs is 2. The Hall–Kier alpha value is -3.41. The summed E-state index contributed by atoms with van der Waals surface area (Å²) >= 11 is 0. The van der Waals surface area contributed by atoms with Gasteiger partial charge in [0.15, 0.2) is 0 Å². The van der Waals surface area contributed by atoms with Crippen LogP contribution in [0.1, 0.15) is 18.4 Å². The van der Waals surface area contributed by atoms with Crippen LogP contribution in [0.3, 0.4) is 0 Å². The monoisotopic (exact) mass is 371 g/mol. The first-order valence-electron chi connectivity index (χ1n) is 9.55. The van der Waals surface area contributed by atoms with E-state index in [0.717, 1.165) is 46.0 Å². The fourth-order valence-corrected chi connectivity index (χ4v) is 3.84. The zero-order chi connectivity index (χ0) is 19.1. The molecule has 1 aliphatic heterocycles. The molecular weight excluding hydrogens is 350 g/mol. The molecule has 0 spiro atoms. The van der Waals surface area contributed by atoms with Crippen molar-refractivity contribution < 1.29 is 0 Å². The summed E-state index contributed by atoms with van der Waals surface area (Å²) in [7, 11) is 0. The van der Waals surface area contributed by atoms with Gasteiger partial charge in [0.05, 0.1) is 28.8 Å². The highest BCUT2D eigenvalue weighted by Gasteiger charge is 2.21. The van der Waals surface area contributed by atoms with Gasteiger partial charge in [-0.3, -0.25) is 9.79 Å². The van der Waals surface area contributed by atoms with E-state index in [0.29, 0.717) is 17.9 Å². The molecule has 28 heavy (non-hydrogen) atoms. The van der Waals surface area contributed by atoms with Crippen LogP contribution in [0.15, 0.2) is 52.3 Å². The first-order chi connectivity index (χ1) is 13.7. The Morgan fingerprint density at radius 2 is 2.00 bits per heavy atom. The van der Waals surface area contributed by atoms with Gasteiger partial charge in [0.1, 0.15) is 11.4 Å². The second kappa shape index (κ2) is 6.64. The predicted octanol–water partition coefficient (Wildman–Crippen LogP) is 4.02. The van der Waals surface area contributed by atoms with Gasteiger partial charge in [-0.2, -0.15) is 0 Å². The molecule has 0 unspecified atom stereocenters. The summed E-state index contributed by atoms with van der Waals surface area (Å²) < 4.78 is 0. The van der Waals surface area contributed by atoms with Crippen molar-refractivity contribution in [2.45, 2.75) is 25.8 Å². The molecule has 0 radical (unpaired) electrons. The van der Waals surface area contributed by atoms with E-state index in [-0.39, 0.29) is 11.6 Å². The number of imidazole rings is 1. The van der Waals surface area contributed by atoms with E-state index in [4.69, 9.17) is 0 Å². The third kappa shape index (κ3) is 2.87. The molecule has 1 atom stereocenters. The van der Waals surface area contributed by atoms with Crippen LogP contribution >= 0.6 is 0 Å². The number of nitrogens with zero attached hydrogens (tertiary/aromatic N) is 2. The van der Waals surface area contributed by atoms with E-state index in [2.05, 4.69) is 38.3 Å². The Kier molecular flexibility index (Phi) is 3.97. The average molecular weight is 371 g/mol. The minimum atomic E-state index is -0.155. The first-order valence-corrected chi connectivity index (χ1v) is 9.55. The summed E-state index contributed by atoms with van der Waals surface area (Å²) in [5.74, 6) is 0.577. The van der Waals surface area contributed by atoms with E-state index in [1.807, 2.05) is 42.6 Å². The van der Waals surface area contributed by atoms with E-state index >= 15 is 0 Å². The van der Waals surface area contributed by atoms with E-state index in [9.17, 15) is 4.79 Å². The molecule has 0 fully saturated rings. The maximum absolute atomic E-state index is 13.1. The SMILES string of the molecule is Cc1ccc2[nH]c(=O)c(-c3nc4ccccc4[nH]3)c(N[C@H]3CCC=NC3)c2c1. The molecule has 2 aromatic carbocycles. The van der Waals surface area contributed by atoms with Gasteiger partial charge in [0.2, 0.25) is 0 Å². The third-order valence-corrected chi connectivity index (χ3v) is 5.24. The number of aromatic nitrogens is 3. The van der Waals surface area contributed by atoms with Crippen molar-refractivity contribution in [2.24, 2.45) is 4.99 Å². The van der Waals surface area contributed by atoms with E-state index in [1.54, 1.807) is 0 Å². The van der Waals surface area contributed by atoms with Crippen molar-refractivity contribution >= 4 is 33.8 Å². The number of hydrogen-bond donors (Lipinski definition) is 3. The third-order valence-electron chi connectivity index (χ3n) is 5.24. The Morgan fingerprint density at radius 1 is 1.11 bits per heavy atom. The van der Waals surface area contributed by atoms with Crippen LogP contribution in [0.5, 0.6) is 0 Å². The van der Waals surface area contributed by atoms with Gasteiger partial charge in [-0.05, 0) is 50.2 Å². The second-order valence-electron chi connectivity index (χ2n) is 7.32. The van der Waals surface area contributed by atoms with Gasteiger partial charge >= 0.3 is 0 Å². The number of aromatic amines is 2. The molecule has 6 nitrogen and oxygen atoms in total. The summed E-state index contributed by atoms with van der Waals surface area (Å²) in [4.78, 5) is 28.5. The molecule has 3 N–H and O–H groups in total. The van der Waals surface area contributed by atoms with Crippen LogP contribution in [0.4, 0.5) is 5.69 Å². The highest BCUT2D eigenvalue weighted by molar-refractivity contribution is 5.99. The van der Waals surface area contributed by atoms with Crippen molar-refractivity contribution in [1.29, 1.82) is 0 Å². The molecule has 0 amide bonds. The van der Waals surface area contributed by atoms with Crippen LogP contribution in [-0.4, -0.2) is 33.8 Å². The molecule has 1 aliphatic rings. The van der Waals surface area contributed by atoms with Crippen molar-refractivity contribution in [3.63, 3.8) is 0 Å². The number of benzene rings is 2. The number of nitrogens with one attached hydrogen (secondary N) is 3. The summed E-state index contributed by atoms with van der Waals surface area (Å²) in [5.41, 5.74) is 4.92. The first kappa shape index (κ1) is 16.7. The molecule has 4 aromatic rings. The standard InChI is InChI=1S/C22H21N5O/c1-13-8-9-16-15(11-13)20(24-14-5-4-10-23-12-14)19(22(28)27-16)21-25-17-6-2-3-7-18(17)26-21/h2-3,6-11,14H,4-5,12H2,1H3,(H,25,26)(H2,24,27,28)/t14-/m0/s1. The Balaban J connectivity index is 1.76. The van der Waals surface area contributed by atoms with Gasteiger partial charge in [-0.1, -0.05) is 23.8 Å². The maximum atomic E-state index is 13.1. The lowest BCUT2D eigenvalue weighted by Crippen LogP contribution is -2.27. The quantitative estimate of drug-likeness (QED) is 0.508. The lowest BCUT2D eigenvalue weighted by atomic mass is 10.0. The number of para-hydroxylation sites is 2. The van der Waals surface area contributed by atoms with Gasteiger partial charge in [0, 0.05) is 11.4 Å². The second-order valence-corrected chi connectivity index (χ2v) is 7.32. The van der Waals surface area contributed by atoms with Crippen molar-refractivity contribution in [2.75, 3.05) is 11.9 Å². The highest BCUT2D eigenvalue weighted by Crippen LogP contribution is 2.32. The zero-order valence-corrected chi connectivity index (χ0v) is 15.6. The number of pyridine rings is 1. The topological polar surface area (TPSA) is 85.9 Å². The summed E-state index contributed by atoms with van der Waals surface area (Å²) in [5, 5.41) is 4.60. The molecule has 2 aromatic heterocycles. The fraction of sp³-hybridized carbons (Fsp3) is 0.227. The minimum Gasteiger partial charge on any atom is -0.379 e. The van der Waals surface area contributed by atoms with Crippen LogP contribution < -0.4 is 10.9 Å². The minimum absolute atomic E-state index is 0.155. The Labute approximate surface area is 161 Å². The van der Waals surface area contributed by atoms with Crippen LogP contribution in [0.2, 0.25) is 0 Å². The summed E-state index contributed by atoms with van der Waals surface area (Å²) in [6.45, 7) is 2.76. The lowest BCUT2D eigenvalue weighted by molar-refractivity contribution is 0.662. The van der Waals surface area contributed by atoms with Gasteiger partial charge in [-0.25, -0.2) is 4.98 Å². The van der Waals surface area contributed by atoms with E-state index in [1.165, 1.54) is 0 Å². The Bertz CT molecular complexity index is 1230. The number of aryl methyl sites for hydroxylation is 1. The van der Waals surface area contributed by atoms with Gasteiger partial charge in [0.25, 0.3) is 5.56 Å². The van der Waals surface area contributed by atoms with Gasteiger partial charge < -0.3 is 15.3 Å². The number of H-pyrrole nitrogens is 2. The van der Waals surface area contributed by atoms with Crippen molar-refractivity contribution in [1.82, 2.24) is 15.0 Å².